The maximum Gasteiger partial charge on any atom is 0.413 e. The summed E-state index contributed by atoms with van der Waals surface area (Å²) < 4.78 is 10.3. The van der Waals surface area contributed by atoms with Crippen molar-refractivity contribution in [1.29, 1.82) is 0 Å². The predicted molar refractivity (Wildman–Crippen MR) is 84.0 cm³/mol. The first-order valence-corrected chi connectivity index (χ1v) is 7.65. The first-order chi connectivity index (χ1) is 10.2. The number of aromatic nitrogens is 1. The van der Waals surface area contributed by atoms with E-state index in [1.54, 1.807) is 7.11 Å². The summed E-state index contributed by atoms with van der Waals surface area (Å²) in [6.07, 6.45) is 1.38. The van der Waals surface area contributed by atoms with E-state index in [1.807, 2.05) is 36.6 Å². The van der Waals surface area contributed by atoms with E-state index in [9.17, 15) is 4.79 Å². The van der Waals surface area contributed by atoms with Gasteiger partial charge >= 0.3 is 6.09 Å². The molecule has 0 aliphatic rings. The fourth-order valence-corrected chi connectivity index (χ4v) is 2.44. The second-order valence-corrected chi connectivity index (χ2v) is 5.21. The van der Waals surface area contributed by atoms with Crippen molar-refractivity contribution in [1.82, 2.24) is 4.98 Å². The molecule has 1 heterocycles. The second-order valence-electron chi connectivity index (χ2n) is 4.35. The number of unbranched alkanes of at least 4 members (excludes halogenated alkanes) is 1. The highest BCUT2D eigenvalue weighted by atomic mass is 32.1. The Bertz CT molecular complexity index is 598. The van der Waals surface area contributed by atoms with Crippen LogP contribution in [0.15, 0.2) is 29.6 Å². The van der Waals surface area contributed by atoms with Gasteiger partial charge in [0, 0.05) is 10.9 Å². The van der Waals surface area contributed by atoms with Crippen LogP contribution in [0.25, 0.3) is 11.3 Å². The highest BCUT2D eigenvalue weighted by Gasteiger charge is 2.11. The number of para-hydroxylation sites is 1. The lowest BCUT2D eigenvalue weighted by atomic mass is 10.1. The van der Waals surface area contributed by atoms with Gasteiger partial charge in [0.25, 0.3) is 0 Å². The Hall–Kier alpha value is -2.08. The molecule has 1 N–H and O–H groups in total. The van der Waals surface area contributed by atoms with Gasteiger partial charge < -0.3 is 9.47 Å². The Morgan fingerprint density at radius 3 is 2.95 bits per heavy atom. The van der Waals surface area contributed by atoms with Gasteiger partial charge in [-0.2, -0.15) is 0 Å². The highest BCUT2D eigenvalue weighted by molar-refractivity contribution is 7.14. The summed E-state index contributed by atoms with van der Waals surface area (Å²) in [5, 5.41) is 5.02. The summed E-state index contributed by atoms with van der Waals surface area (Å²) in [5.74, 6) is 0.750. The Labute approximate surface area is 127 Å². The third-order valence-corrected chi connectivity index (χ3v) is 3.58. The third kappa shape index (κ3) is 4.19. The van der Waals surface area contributed by atoms with Gasteiger partial charge in [0.05, 0.1) is 19.4 Å². The number of carbonyl (C=O) groups is 1. The number of ether oxygens (including phenoxy) is 2. The smallest absolute Gasteiger partial charge is 0.413 e. The lowest BCUT2D eigenvalue weighted by Gasteiger charge is -2.05. The number of amides is 1. The minimum Gasteiger partial charge on any atom is -0.496 e. The zero-order chi connectivity index (χ0) is 15.1. The van der Waals surface area contributed by atoms with Crippen LogP contribution in [0, 0.1) is 0 Å². The molecule has 0 aliphatic heterocycles. The number of methoxy groups -OCH3 is 1. The van der Waals surface area contributed by atoms with Crippen LogP contribution in [0.1, 0.15) is 19.8 Å². The van der Waals surface area contributed by atoms with Crippen molar-refractivity contribution < 1.29 is 14.3 Å². The summed E-state index contributed by atoms with van der Waals surface area (Å²) in [7, 11) is 1.62. The van der Waals surface area contributed by atoms with E-state index in [1.165, 1.54) is 11.3 Å². The van der Waals surface area contributed by atoms with Crippen molar-refractivity contribution in [2.75, 3.05) is 19.0 Å². The largest absolute Gasteiger partial charge is 0.496 e. The van der Waals surface area contributed by atoms with E-state index < -0.39 is 6.09 Å². The van der Waals surface area contributed by atoms with E-state index in [0.29, 0.717) is 11.7 Å². The van der Waals surface area contributed by atoms with Crippen molar-refractivity contribution in [2.24, 2.45) is 0 Å². The number of nitrogens with one attached hydrogen (secondary N) is 1. The van der Waals surface area contributed by atoms with E-state index >= 15 is 0 Å². The number of anilines is 1. The average molecular weight is 306 g/mol. The molecule has 6 heteroatoms. The van der Waals surface area contributed by atoms with Gasteiger partial charge in [0.1, 0.15) is 5.75 Å². The number of rotatable bonds is 6. The Morgan fingerprint density at radius 1 is 1.38 bits per heavy atom. The minimum atomic E-state index is -0.468. The molecule has 0 radical (unpaired) electrons. The molecule has 0 saturated carbocycles. The van der Waals surface area contributed by atoms with Gasteiger partial charge in [-0.1, -0.05) is 25.5 Å². The van der Waals surface area contributed by atoms with Crippen LogP contribution in [0.3, 0.4) is 0 Å². The Balaban J connectivity index is 2.03. The number of carbonyl (C=O) groups excluding carboxylic acids is 1. The molecule has 1 aromatic carbocycles. The zero-order valence-electron chi connectivity index (χ0n) is 12.1. The molecule has 5 nitrogen and oxygen atoms in total. The summed E-state index contributed by atoms with van der Waals surface area (Å²) in [6.45, 7) is 2.47. The zero-order valence-corrected chi connectivity index (χ0v) is 12.9. The maximum absolute atomic E-state index is 11.6. The molecule has 21 heavy (non-hydrogen) atoms. The van der Waals surface area contributed by atoms with Gasteiger partial charge in [-0.15, -0.1) is 11.3 Å². The molecule has 112 valence electrons. The highest BCUT2D eigenvalue weighted by Crippen LogP contribution is 2.31. The summed E-state index contributed by atoms with van der Waals surface area (Å²) >= 11 is 1.35. The normalized spacial score (nSPS) is 10.2. The van der Waals surface area contributed by atoms with Crippen LogP contribution in [0.5, 0.6) is 5.75 Å². The molecular weight excluding hydrogens is 288 g/mol. The lowest BCUT2D eigenvalue weighted by molar-refractivity contribution is 0.160. The van der Waals surface area contributed by atoms with Crippen molar-refractivity contribution in [3.8, 4) is 17.0 Å². The molecule has 0 saturated heterocycles. The Kier molecular flexibility index (Phi) is 5.57. The molecule has 0 aliphatic carbocycles. The number of hydrogen-bond acceptors (Lipinski definition) is 5. The van der Waals surface area contributed by atoms with Crippen LogP contribution < -0.4 is 10.1 Å². The van der Waals surface area contributed by atoms with Crippen LogP contribution in [-0.2, 0) is 4.74 Å². The van der Waals surface area contributed by atoms with Crippen molar-refractivity contribution in [3.63, 3.8) is 0 Å². The molecule has 2 aromatic rings. The number of benzene rings is 1. The SMILES string of the molecule is CCCCOC(=O)Nc1nc(-c2ccccc2OC)cs1. The minimum absolute atomic E-state index is 0.424. The fourth-order valence-electron chi connectivity index (χ4n) is 1.74. The van der Waals surface area contributed by atoms with E-state index in [2.05, 4.69) is 10.3 Å². The first kappa shape index (κ1) is 15.3. The first-order valence-electron chi connectivity index (χ1n) is 6.77. The average Bonchev–Trinajstić information content (AvgIpc) is 2.95. The van der Waals surface area contributed by atoms with Gasteiger partial charge in [0.2, 0.25) is 0 Å². The van der Waals surface area contributed by atoms with Gasteiger partial charge in [0.15, 0.2) is 5.13 Å². The van der Waals surface area contributed by atoms with Gasteiger partial charge in [-0.3, -0.25) is 5.32 Å². The topological polar surface area (TPSA) is 60.5 Å². The molecule has 0 bridgehead atoms. The second kappa shape index (κ2) is 7.64. The standard InChI is InChI=1S/C15H18N2O3S/c1-3-4-9-20-15(18)17-14-16-12(10-21-14)11-7-5-6-8-13(11)19-2/h5-8,10H,3-4,9H2,1-2H3,(H,16,17,18). The molecule has 0 unspecified atom stereocenters. The van der Waals surface area contributed by atoms with Crippen LogP contribution in [0.2, 0.25) is 0 Å². The van der Waals surface area contributed by atoms with Crippen molar-refractivity contribution in [3.05, 3.63) is 29.6 Å². The number of hydrogen-bond donors (Lipinski definition) is 1. The Morgan fingerprint density at radius 2 is 2.19 bits per heavy atom. The molecule has 1 amide bonds. The quantitative estimate of drug-likeness (QED) is 0.814. The van der Waals surface area contributed by atoms with E-state index in [0.717, 1.165) is 29.8 Å². The van der Waals surface area contributed by atoms with Crippen LogP contribution in [-0.4, -0.2) is 24.8 Å². The lowest BCUT2D eigenvalue weighted by Crippen LogP contribution is -2.14. The fraction of sp³-hybridized carbons (Fsp3) is 0.333. The maximum atomic E-state index is 11.6. The van der Waals surface area contributed by atoms with Crippen LogP contribution >= 0.6 is 11.3 Å². The summed E-state index contributed by atoms with van der Waals surface area (Å²) in [6, 6.07) is 7.63. The summed E-state index contributed by atoms with van der Waals surface area (Å²) in [4.78, 5) is 15.9. The molecule has 0 atom stereocenters. The van der Waals surface area contributed by atoms with Gasteiger partial charge in [-0.05, 0) is 18.6 Å². The molecule has 1 aromatic heterocycles. The van der Waals surface area contributed by atoms with Crippen molar-refractivity contribution >= 4 is 22.6 Å². The predicted octanol–water partition coefficient (Wildman–Crippen LogP) is 4.17. The van der Waals surface area contributed by atoms with E-state index in [4.69, 9.17) is 9.47 Å². The van der Waals surface area contributed by atoms with Crippen molar-refractivity contribution in [2.45, 2.75) is 19.8 Å². The van der Waals surface area contributed by atoms with E-state index in [-0.39, 0.29) is 0 Å². The monoisotopic (exact) mass is 306 g/mol. The number of thiazole rings is 1. The molecule has 0 spiro atoms. The molecule has 2 rings (SSSR count). The number of nitrogens with zero attached hydrogens (tertiary/aromatic N) is 1. The summed E-state index contributed by atoms with van der Waals surface area (Å²) in [5.41, 5.74) is 1.66. The molecule has 0 fully saturated rings. The van der Waals surface area contributed by atoms with Crippen LogP contribution in [0.4, 0.5) is 9.93 Å². The molecular formula is C15H18N2O3S. The third-order valence-electron chi connectivity index (χ3n) is 2.83. The van der Waals surface area contributed by atoms with Gasteiger partial charge in [-0.25, -0.2) is 9.78 Å².